The Labute approximate surface area is 193 Å². The van der Waals surface area contributed by atoms with Crippen molar-refractivity contribution in [3.8, 4) is 17.2 Å². The monoisotopic (exact) mass is 455 g/mol. The average molecular weight is 456 g/mol. The smallest absolute Gasteiger partial charge is 0.242 e. The summed E-state index contributed by atoms with van der Waals surface area (Å²) in [5.41, 5.74) is 1.83. The number of carbonyl (C=O) groups excluding carboxylic acids is 1. The Kier molecular flexibility index (Phi) is 8.56. The van der Waals surface area contributed by atoms with E-state index >= 15 is 0 Å². The molecule has 0 saturated carbocycles. The SMILES string of the molecule is CCCC[C@@H]1S/C(=N/N=C\c2ccc(OC)c(OC)c2)N(Cc2ccc(OC)cc2)C1=O. The molecule has 1 atom stereocenters. The molecule has 1 saturated heterocycles. The molecule has 1 fully saturated rings. The first-order chi connectivity index (χ1) is 15.6. The fourth-order valence-electron chi connectivity index (χ4n) is 3.30. The van der Waals surface area contributed by atoms with Gasteiger partial charge in [0.1, 0.15) is 5.75 Å². The molecule has 3 rings (SSSR count). The zero-order chi connectivity index (χ0) is 22.9. The van der Waals surface area contributed by atoms with Crippen LogP contribution in [0.4, 0.5) is 0 Å². The van der Waals surface area contributed by atoms with Gasteiger partial charge in [-0.3, -0.25) is 9.69 Å². The topological polar surface area (TPSA) is 72.7 Å². The molecular formula is C24H29N3O4S. The van der Waals surface area contributed by atoms with E-state index in [0.29, 0.717) is 23.2 Å². The first-order valence-electron chi connectivity index (χ1n) is 10.5. The number of amides is 1. The van der Waals surface area contributed by atoms with E-state index in [1.807, 2.05) is 42.5 Å². The minimum absolute atomic E-state index is 0.0827. The summed E-state index contributed by atoms with van der Waals surface area (Å²) in [5, 5.41) is 9.14. The van der Waals surface area contributed by atoms with Crippen LogP contribution < -0.4 is 14.2 Å². The summed E-state index contributed by atoms with van der Waals surface area (Å²) in [6, 6.07) is 13.2. The molecule has 0 radical (unpaired) electrons. The van der Waals surface area contributed by atoms with Gasteiger partial charge in [-0.15, -0.1) is 5.10 Å². The molecule has 0 N–H and O–H groups in total. The summed E-state index contributed by atoms with van der Waals surface area (Å²) >= 11 is 1.49. The number of methoxy groups -OCH3 is 3. The molecule has 0 bridgehead atoms. The molecule has 0 unspecified atom stereocenters. The number of unbranched alkanes of at least 4 members (excludes halogenated alkanes) is 1. The van der Waals surface area contributed by atoms with Crippen LogP contribution in [0.2, 0.25) is 0 Å². The van der Waals surface area contributed by atoms with Crippen LogP contribution in [0, 0.1) is 0 Å². The number of thioether (sulfide) groups is 1. The van der Waals surface area contributed by atoms with Gasteiger partial charge in [-0.2, -0.15) is 5.10 Å². The number of benzene rings is 2. The van der Waals surface area contributed by atoms with Gasteiger partial charge in [0, 0.05) is 0 Å². The van der Waals surface area contributed by atoms with Crippen molar-refractivity contribution in [3.63, 3.8) is 0 Å². The van der Waals surface area contributed by atoms with Crippen molar-refractivity contribution in [2.24, 2.45) is 10.2 Å². The van der Waals surface area contributed by atoms with Crippen molar-refractivity contribution in [2.75, 3.05) is 21.3 Å². The number of ether oxygens (including phenoxy) is 3. The van der Waals surface area contributed by atoms with E-state index in [-0.39, 0.29) is 11.2 Å². The summed E-state index contributed by atoms with van der Waals surface area (Å²) < 4.78 is 15.8. The van der Waals surface area contributed by atoms with E-state index in [0.717, 1.165) is 36.1 Å². The van der Waals surface area contributed by atoms with Gasteiger partial charge < -0.3 is 14.2 Å². The van der Waals surface area contributed by atoms with Crippen molar-refractivity contribution in [1.29, 1.82) is 0 Å². The fraction of sp³-hybridized carbons (Fsp3) is 0.375. The molecule has 1 heterocycles. The molecule has 7 nitrogen and oxygen atoms in total. The average Bonchev–Trinajstić information content (AvgIpc) is 3.12. The maximum Gasteiger partial charge on any atom is 0.242 e. The molecule has 0 aromatic heterocycles. The highest BCUT2D eigenvalue weighted by atomic mass is 32.2. The normalized spacial score (nSPS) is 17.4. The molecule has 2 aromatic carbocycles. The zero-order valence-corrected chi connectivity index (χ0v) is 19.7. The Morgan fingerprint density at radius 2 is 1.78 bits per heavy atom. The van der Waals surface area contributed by atoms with Crippen molar-refractivity contribution in [3.05, 3.63) is 53.6 Å². The number of hydrogen-bond acceptors (Lipinski definition) is 7. The lowest BCUT2D eigenvalue weighted by atomic mass is 10.1. The van der Waals surface area contributed by atoms with Crippen molar-refractivity contribution in [1.82, 2.24) is 4.90 Å². The van der Waals surface area contributed by atoms with Crippen LogP contribution in [0.15, 0.2) is 52.7 Å². The van der Waals surface area contributed by atoms with Crippen LogP contribution in [-0.2, 0) is 11.3 Å². The van der Waals surface area contributed by atoms with E-state index in [2.05, 4.69) is 17.1 Å². The van der Waals surface area contributed by atoms with Crippen molar-refractivity contribution < 1.29 is 19.0 Å². The van der Waals surface area contributed by atoms with Gasteiger partial charge in [0.05, 0.1) is 39.3 Å². The van der Waals surface area contributed by atoms with Crippen LogP contribution in [0.1, 0.15) is 37.3 Å². The van der Waals surface area contributed by atoms with Gasteiger partial charge in [-0.1, -0.05) is 43.7 Å². The minimum Gasteiger partial charge on any atom is -0.497 e. The Balaban J connectivity index is 1.80. The zero-order valence-electron chi connectivity index (χ0n) is 18.9. The summed E-state index contributed by atoms with van der Waals surface area (Å²) in [6.45, 7) is 2.57. The largest absolute Gasteiger partial charge is 0.497 e. The lowest BCUT2D eigenvalue weighted by Gasteiger charge is -2.16. The Bertz CT molecular complexity index is 976. The predicted molar refractivity (Wildman–Crippen MR) is 129 cm³/mol. The van der Waals surface area contributed by atoms with Crippen molar-refractivity contribution >= 4 is 29.1 Å². The van der Waals surface area contributed by atoms with Gasteiger partial charge in [0.15, 0.2) is 16.7 Å². The standard InChI is InChI=1S/C24H29N3O4S/c1-5-6-7-22-23(28)27(16-17-8-11-19(29-2)12-9-17)24(32-22)26-25-15-18-10-13-20(30-3)21(14-18)31-4/h8-15,22H,5-7,16H2,1-4H3/b25-15-,26-24+/t22-/m0/s1. The molecule has 1 aliphatic heterocycles. The number of amidine groups is 1. The maximum atomic E-state index is 13.1. The lowest BCUT2D eigenvalue weighted by Crippen LogP contribution is -2.31. The maximum absolute atomic E-state index is 13.1. The molecular weight excluding hydrogens is 426 g/mol. The van der Waals surface area contributed by atoms with Crippen molar-refractivity contribution in [2.45, 2.75) is 38.0 Å². The molecule has 0 aliphatic carbocycles. The predicted octanol–water partition coefficient (Wildman–Crippen LogP) is 4.74. The molecule has 170 valence electrons. The Morgan fingerprint density at radius 1 is 1.03 bits per heavy atom. The Morgan fingerprint density at radius 3 is 2.44 bits per heavy atom. The summed E-state index contributed by atoms with van der Waals surface area (Å²) in [5.74, 6) is 2.14. The number of rotatable bonds is 10. The van der Waals surface area contributed by atoms with Crippen LogP contribution in [-0.4, -0.2) is 48.8 Å². The van der Waals surface area contributed by atoms with Crippen LogP contribution >= 0.6 is 11.8 Å². The van der Waals surface area contributed by atoms with Crippen LogP contribution in [0.5, 0.6) is 17.2 Å². The Hall–Kier alpha value is -3.00. The van der Waals surface area contributed by atoms with E-state index in [4.69, 9.17) is 14.2 Å². The quantitative estimate of drug-likeness (QED) is 0.382. The molecule has 8 heteroatoms. The summed E-state index contributed by atoms with van der Waals surface area (Å²) in [6.07, 6.45) is 4.52. The summed E-state index contributed by atoms with van der Waals surface area (Å²) in [4.78, 5) is 14.8. The molecule has 32 heavy (non-hydrogen) atoms. The van der Waals surface area contributed by atoms with Crippen LogP contribution in [0.25, 0.3) is 0 Å². The molecule has 1 amide bonds. The van der Waals surface area contributed by atoms with Gasteiger partial charge in [-0.05, 0) is 47.9 Å². The number of hydrogen-bond donors (Lipinski definition) is 0. The van der Waals surface area contributed by atoms with Gasteiger partial charge in [0.25, 0.3) is 0 Å². The number of carbonyl (C=O) groups is 1. The van der Waals surface area contributed by atoms with Crippen LogP contribution in [0.3, 0.4) is 0 Å². The third-order valence-corrected chi connectivity index (χ3v) is 6.33. The highest BCUT2D eigenvalue weighted by Gasteiger charge is 2.37. The first-order valence-corrected chi connectivity index (χ1v) is 11.4. The van der Waals surface area contributed by atoms with E-state index < -0.39 is 0 Å². The highest BCUT2D eigenvalue weighted by molar-refractivity contribution is 8.15. The van der Waals surface area contributed by atoms with Gasteiger partial charge >= 0.3 is 0 Å². The molecule has 2 aromatic rings. The van der Waals surface area contributed by atoms with Gasteiger partial charge in [-0.25, -0.2) is 0 Å². The highest BCUT2D eigenvalue weighted by Crippen LogP contribution is 2.32. The van der Waals surface area contributed by atoms with E-state index in [1.54, 1.807) is 32.4 Å². The lowest BCUT2D eigenvalue weighted by molar-refractivity contribution is -0.126. The second kappa shape index (κ2) is 11.6. The third-order valence-electron chi connectivity index (χ3n) is 5.10. The fourth-order valence-corrected chi connectivity index (χ4v) is 4.44. The van der Waals surface area contributed by atoms with E-state index in [1.165, 1.54) is 11.8 Å². The molecule has 1 aliphatic rings. The number of nitrogens with zero attached hydrogens (tertiary/aromatic N) is 3. The summed E-state index contributed by atoms with van der Waals surface area (Å²) in [7, 11) is 4.82. The molecule has 0 spiro atoms. The second-order valence-corrected chi connectivity index (χ2v) is 8.43. The van der Waals surface area contributed by atoms with Gasteiger partial charge in [0.2, 0.25) is 5.91 Å². The third kappa shape index (κ3) is 5.82. The van der Waals surface area contributed by atoms with E-state index in [9.17, 15) is 4.79 Å². The minimum atomic E-state index is -0.122. The second-order valence-electron chi connectivity index (χ2n) is 7.26. The first kappa shape index (κ1) is 23.7.